The number of aromatic amines is 1. The van der Waals surface area contributed by atoms with Crippen molar-refractivity contribution in [2.75, 3.05) is 10.2 Å². The van der Waals surface area contributed by atoms with Crippen LogP contribution in [-0.4, -0.2) is 53.0 Å². The second-order valence-corrected chi connectivity index (χ2v) is 10.5. The second kappa shape index (κ2) is 12.5. The molecule has 43 heavy (non-hydrogen) atoms. The average molecular weight is 574 g/mol. The number of carbonyl (C=O) groups is 1. The lowest BCUT2D eigenvalue weighted by atomic mass is 9.90. The van der Waals surface area contributed by atoms with Crippen LogP contribution in [0.1, 0.15) is 36.8 Å². The first-order chi connectivity index (χ1) is 21.1. The topological polar surface area (TPSA) is 153 Å². The third-order valence-corrected chi connectivity index (χ3v) is 7.61. The molecular weight excluding hydrogens is 542 g/mol. The van der Waals surface area contributed by atoms with Crippen LogP contribution in [-0.2, 0) is 13.6 Å². The molecular formula is C31H31N11O. The van der Waals surface area contributed by atoms with Gasteiger partial charge in [0.15, 0.2) is 0 Å². The van der Waals surface area contributed by atoms with Crippen LogP contribution in [0.25, 0.3) is 22.4 Å². The number of aryl methyl sites for hydroxylation is 1. The highest BCUT2D eigenvalue weighted by Gasteiger charge is 2.31. The first-order valence-corrected chi connectivity index (χ1v) is 14.2. The molecule has 0 saturated heterocycles. The van der Waals surface area contributed by atoms with Crippen molar-refractivity contribution in [3.05, 3.63) is 90.8 Å². The molecule has 12 nitrogen and oxygen atoms in total. The normalized spacial score (nSPS) is 16.3. The number of hydrogen-bond acceptors (Lipinski definition) is 8. The average Bonchev–Trinajstić information content (AvgIpc) is 3.74. The van der Waals surface area contributed by atoms with Gasteiger partial charge in [-0.2, -0.15) is 15.5 Å². The SMILES string of the molecule is Cn1cc(-c2ccc(N(C(=O)NCc3ccccc3)C3CCC(Nc4ncc(C#N)c(-c5cn[nH]c5)n4)CC3)nc2)cn1. The largest absolute Gasteiger partial charge is 0.351 e. The molecule has 0 radical (unpaired) electrons. The molecule has 1 saturated carbocycles. The van der Waals surface area contributed by atoms with Crippen LogP contribution in [0.15, 0.2) is 79.6 Å². The highest BCUT2D eigenvalue weighted by molar-refractivity contribution is 5.91. The fraction of sp³-hybridized carbons (Fsp3) is 0.258. The Bertz CT molecular complexity index is 1700. The number of benzene rings is 1. The van der Waals surface area contributed by atoms with Crippen LogP contribution in [0.2, 0.25) is 0 Å². The molecule has 1 aliphatic carbocycles. The standard InChI is InChI=1S/C31H31N11O/c1-41-20-25(19-38-41)22-7-12-28(33-15-22)42(31(43)35-14-21-5-3-2-4-6-21)27-10-8-26(9-11-27)39-30-34-16-23(13-32)29(40-30)24-17-36-37-18-24/h2-7,12,15-20,26-27H,8-11,14H2,1H3,(H,35,43)(H,36,37)(H,34,39,40). The van der Waals surface area contributed by atoms with Gasteiger partial charge >= 0.3 is 6.03 Å². The number of pyridine rings is 1. The quantitative estimate of drug-likeness (QED) is 0.242. The van der Waals surface area contributed by atoms with Crippen molar-refractivity contribution in [3.8, 4) is 28.5 Å². The molecule has 0 unspecified atom stereocenters. The molecule has 3 N–H and O–H groups in total. The van der Waals surface area contributed by atoms with E-state index in [2.05, 4.69) is 42.0 Å². The van der Waals surface area contributed by atoms with Gasteiger partial charge in [0, 0.05) is 61.0 Å². The third-order valence-electron chi connectivity index (χ3n) is 7.61. The minimum Gasteiger partial charge on any atom is -0.351 e. The van der Waals surface area contributed by atoms with E-state index in [1.54, 1.807) is 34.4 Å². The number of H-pyrrole nitrogens is 1. The van der Waals surface area contributed by atoms with Crippen LogP contribution in [0.3, 0.4) is 0 Å². The number of hydrogen-bond donors (Lipinski definition) is 3. The predicted octanol–water partition coefficient (Wildman–Crippen LogP) is 4.67. The van der Waals surface area contributed by atoms with Crippen molar-refractivity contribution in [1.29, 1.82) is 5.26 Å². The zero-order valence-corrected chi connectivity index (χ0v) is 23.7. The molecule has 6 rings (SSSR count). The van der Waals surface area contributed by atoms with E-state index in [9.17, 15) is 10.1 Å². The first-order valence-electron chi connectivity index (χ1n) is 14.2. The molecule has 0 spiro atoms. The van der Waals surface area contributed by atoms with E-state index >= 15 is 0 Å². The van der Waals surface area contributed by atoms with Gasteiger partial charge in [0.25, 0.3) is 0 Å². The Morgan fingerprint density at radius 1 is 1.02 bits per heavy atom. The summed E-state index contributed by atoms with van der Waals surface area (Å²) in [6, 6.07) is 15.8. The van der Waals surface area contributed by atoms with Crippen molar-refractivity contribution in [1.82, 2.24) is 40.2 Å². The van der Waals surface area contributed by atoms with E-state index in [4.69, 9.17) is 4.98 Å². The summed E-state index contributed by atoms with van der Waals surface area (Å²) in [6.07, 6.45) is 13.5. The molecule has 0 aliphatic heterocycles. The van der Waals surface area contributed by atoms with Crippen molar-refractivity contribution < 1.29 is 4.79 Å². The van der Waals surface area contributed by atoms with Crippen LogP contribution in [0.4, 0.5) is 16.6 Å². The fourth-order valence-electron chi connectivity index (χ4n) is 5.38. The van der Waals surface area contributed by atoms with Gasteiger partial charge in [0.05, 0.1) is 29.8 Å². The lowest BCUT2D eigenvalue weighted by Gasteiger charge is -2.36. The summed E-state index contributed by atoms with van der Waals surface area (Å²) in [4.78, 5) is 29.1. The summed E-state index contributed by atoms with van der Waals surface area (Å²) in [6.45, 7) is 0.426. The van der Waals surface area contributed by atoms with Crippen molar-refractivity contribution >= 4 is 17.8 Å². The van der Waals surface area contributed by atoms with Gasteiger partial charge in [-0.1, -0.05) is 30.3 Å². The summed E-state index contributed by atoms with van der Waals surface area (Å²) < 4.78 is 1.75. The summed E-state index contributed by atoms with van der Waals surface area (Å²) in [7, 11) is 1.88. The van der Waals surface area contributed by atoms with E-state index in [0.717, 1.165) is 47.9 Å². The minimum atomic E-state index is -0.179. The maximum atomic E-state index is 13.6. The van der Waals surface area contributed by atoms with E-state index in [1.165, 1.54) is 6.20 Å². The highest BCUT2D eigenvalue weighted by atomic mass is 16.2. The molecule has 5 aromatic rings. The van der Waals surface area contributed by atoms with Crippen LogP contribution < -0.4 is 15.5 Å². The molecule has 4 heterocycles. The number of amides is 2. The number of carbonyl (C=O) groups excluding carboxylic acids is 1. The Morgan fingerprint density at radius 3 is 2.53 bits per heavy atom. The number of rotatable bonds is 8. The van der Waals surface area contributed by atoms with Crippen molar-refractivity contribution in [2.24, 2.45) is 7.05 Å². The Morgan fingerprint density at radius 2 is 1.86 bits per heavy atom. The Kier molecular flexibility index (Phi) is 8.04. The Hall–Kier alpha value is -5.57. The van der Waals surface area contributed by atoms with Gasteiger partial charge in [-0.05, 0) is 43.4 Å². The zero-order chi connectivity index (χ0) is 29.6. The van der Waals surface area contributed by atoms with Gasteiger partial charge in [0.1, 0.15) is 11.9 Å². The Balaban J connectivity index is 1.16. The smallest absolute Gasteiger partial charge is 0.323 e. The second-order valence-electron chi connectivity index (χ2n) is 10.5. The van der Waals surface area contributed by atoms with Gasteiger partial charge in [0.2, 0.25) is 5.95 Å². The summed E-state index contributed by atoms with van der Waals surface area (Å²) in [5, 5.41) is 27.0. The number of nitrogens with zero attached hydrogens (tertiary/aromatic N) is 8. The minimum absolute atomic E-state index is 0.0334. The maximum absolute atomic E-state index is 13.6. The first kappa shape index (κ1) is 27.6. The van der Waals surface area contributed by atoms with E-state index < -0.39 is 0 Å². The fourth-order valence-corrected chi connectivity index (χ4v) is 5.38. The van der Waals surface area contributed by atoms with Gasteiger partial charge < -0.3 is 10.6 Å². The molecule has 1 aliphatic rings. The lowest BCUT2D eigenvalue weighted by molar-refractivity contribution is 0.240. The Labute approximate surface area is 248 Å². The van der Waals surface area contributed by atoms with E-state index in [-0.39, 0.29) is 18.1 Å². The van der Waals surface area contributed by atoms with Crippen molar-refractivity contribution in [2.45, 2.75) is 44.3 Å². The van der Waals surface area contributed by atoms with Crippen LogP contribution >= 0.6 is 0 Å². The number of anilines is 2. The van der Waals surface area contributed by atoms with E-state index in [0.29, 0.717) is 29.6 Å². The van der Waals surface area contributed by atoms with Crippen LogP contribution in [0, 0.1) is 11.3 Å². The molecule has 0 bridgehead atoms. The van der Waals surface area contributed by atoms with Gasteiger partial charge in [-0.3, -0.25) is 14.7 Å². The number of nitrogens with one attached hydrogen (secondary N) is 3. The molecule has 0 atom stereocenters. The molecule has 216 valence electrons. The zero-order valence-electron chi connectivity index (χ0n) is 23.7. The molecule has 4 aromatic heterocycles. The number of urea groups is 1. The molecule has 1 fully saturated rings. The summed E-state index contributed by atoms with van der Waals surface area (Å²) >= 11 is 0. The summed E-state index contributed by atoms with van der Waals surface area (Å²) in [5.74, 6) is 1.07. The number of aromatic nitrogens is 7. The number of nitriles is 1. The maximum Gasteiger partial charge on any atom is 0.323 e. The van der Waals surface area contributed by atoms with Crippen LogP contribution in [0.5, 0.6) is 0 Å². The summed E-state index contributed by atoms with van der Waals surface area (Å²) in [5.41, 5.74) is 4.57. The third kappa shape index (κ3) is 6.36. The molecule has 12 heteroatoms. The van der Waals surface area contributed by atoms with Crippen molar-refractivity contribution in [3.63, 3.8) is 0 Å². The van der Waals surface area contributed by atoms with E-state index in [1.807, 2.05) is 55.7 Å². The lowest BCUT2D eigenvalue weighted by Crippen LogP contribution is -2.49. The van der Waals surface area contributed by atoms with Gasteiger partial charge in [-0.15, -0.1) is 0 Å². The molecule has 2 amide bonds. The van der Waals surface area contributed by atoms with Gasteiger partial charge in [-0.25, -0.2) is 19.7 Å². The monoisotopic (exact) mass is 573 g/mol. The highest BCUT2D eigenvalue weighted by Crippen LogP contribution is 2.30. The molecule has 1 aromatic carbocycles. The predicted molar refractivity (Wildman–Crippen MR) is 162 cm³/mol.